The summed E-state index contributed by atoms with van der Waals surface area (Å²) in [6, 6.07) is 7.63. The smallest absolute Gasteiger partial charge is 0.322 e. The zero-order chi connectivity index (χ0) is 15.4. The van der Waals surface area contributed by atoms with E-state index in [0.29, 0.717) is 17.4 Å². The number of anilines is 1. The third kappa shape index (κ3) is 3.50. The van der Waals surface area contributed by atoms with Gasteiger partial charge in [0.1, 0.15) is 0 Å². The summed E-state index contributed by atoms with van der Waals surface area (Å²) in [6.45, 7) is 0. The molecule has 0 spiro atoms. The molecule has 0 bridgehead atoms. The maximum Gasteiger partial charge on any atom is 0.322 e. The first-order valence-electron chi connectivity index (χ1n) is 7.55. The van der Waals surface area contributed by atoms with Gasteiger partial charge in [-0.05, 0) is 37.3 Å². The molecule has 0 saturated heterocycles. The Hall–Kier alpha value is -1.82. The molecule has 0 radical (unpaired) electrons. The molecule has 1 amide bonds. The van der Waals surface area contributed by atoms with Gasteiger partial charge in [0.2, 0.25) is 5.89 Å². The molecule has 1 aromatic heterocycles. The Morgan fingerprint density at radius 3 is 2.86 bits per heavy atom. The Morgan fingerprint density at radius 1 is 1.27 bits per heavy atom. The van der Waals surface area contributed by atoms with E-state index in [0.717, 1.165) is 17.7 Å². The SMILES string of the molecule is CSc1cccc(C(=O)Nc2nnc(C3CCCCC3)o2)c1. The second-order valence-electron chi connectivity index (χ2n) is 5.47. The minimum Gasteiger partial charge on any atom is -0.408 e. The molecule has 22 heavy (non-hydrogen) atoms. The number of carbonyl (C=O) groups excluding carboxylic acids is 1. The van der Waals surface area contributed by atoms with Gasteiger partial charge in [-0.25, -0.2) is 0 Å². The van der Waals surface area contributed by atoms with E-state index < -0.39 is 0 Å². The normalized spacial score (nSPS) is 15.7. The van der Waals surface area contributed by atoms with Crippen LogP contribution in [0, 0.1) is 0 Å². The van der Waals surface area contributed by atoms with E-state index in [1.165, 1.54) is 19.3 Å². The second-order valence-corrected chi connectivity index (χ2v) is 6.35. The van der Waals surface area contributed by atoms with Crippen LogP contribution in [-0.2, 0) is 0 Å². The molecule has 3 rings (SSSR count). The van der Waals surface area contributed by atoms with E-state index in [4.69, 9.17) is 4.42 Å². The Kier molecular flexibility index (Phi) is 4.77. The third-order valence-corrected chi connectivity index (χ3v) is 4.67. The van der Waals surface area contributed by atoms with Gasteiger partial charge in [0.25, 0.3) is 5.91 Å². The lowest BCUT2D eigenvalue weighted by atomic mass is 9.89. The Morgan fingerprint density at radius 2 is 2.09 bits per heavy atom. The van der Waals surface area contributed by atoms with E-state index in [1.807, 2.05) is 24.5 Å². The van der Waals surface area contributed by atoms with E-state index in [-0.39, 0.29) is 11.9 Å². The summed E-state index contributed by atoms with van der Waals surface area (Å²) >= 11 is 1.60. The quantitative estimate of drug-likeness (QED) is 0.860. The van der Waals surface area contributed by atoms with Crippen molar-refractivity contribution >= 4 is 23.7 Å². The maximum absolute atomic E-state index is 12.2. The molecule has 116 valence electrons. The van der Waals surface area contributed by atoms with Crippen molar-refractivity contribution in [3.05, 3.63) is 35.7 Å². The van der Waals surface area contributed by atoms with Crippen molar-refractivity contribution in [2.45, 2.75) is 42.9 Å². The highest BCUT2D eigenvalue weighted by Crippen LogP contribution is 2.32. The van der Waals surface area contributed by atoms with Crippen molar-refractivity contribution in [3.63, 3.8) is 0 Å². The summed E-state index contributed by atoms with van der Waals surface area (Å²) in [5.74, 6) is 0.759. The molecule has 1 aliphatic carbocycles. The fourth-order valence-electron chi connectivity index (χ4n) is 2.73. The third-order valence-electron chi connectivity index (χ3n) is 3.95. The number of hydrogen-bond acceptors (Lipinski definition) is 5. The van der Waals surface area contributed by atoms with Gasteiger partial charge in [0.15, 0.2) is 0 Å². The van der Waals surface area contributed by atoms with Crippen LogP contribution < -0.4 is 5.32 Å². The van der Waals surface area contributed by atoms with E-state index in [2.05, 4.69) is 15.5 Å². The van der Waals surface area contributed by atoms with Gasteiger partial charge in [-0.1, -0.05) is 30.4 Å². The van der Waals surface area contributed by atoms with Gasteiger partial charge in [-0.15, -0.1) is 16.9 Å². The monoisotopic (exact) mass is 317 g/mol. The van der Waals surface area contributed by atoms with Gasteiger partial charge in [-0.3, -0.25) is 10.1 Å². The summed E-state index contributed by atoms with van der Waals surface area (Å²) < 4.78 is 5.61. The maximum atomic E-state index is 12.2. The fraction of sp³-hybridized carbons (Fsp3) is 0.438. The molecule has 1 N–H and O–H groups in total. The van der Waals surface area contributed by atoms with Crippen molar-refractivity contribution in [1.29, 1.82) is 0 Å². The van der Waals surface area contributed by atoms with Crippen LogP contribution >= 0.6 is 11.8 Å². The number of aromatic nitrogens is 2. The summed E-state index contributed by atoms with van der Waals surface area (Å²) in [5, 5.41) is 10.7. The first-order chi connectivity index (χ1) is 10.8. The minimum atomic E-state index is -0.227. The van der Waals surface area contributed by atoms with Crippen molar-refractivity contribution < 1.29 is 9.21 Å². The average molecular weight is 317 g/mol. The van der Waals surface area contributed by atoms with Crippen molar-refractivity contribution in [1.82, 2.24) is 10.2 Å². The van der Waals surface area contributed by atoms with Gasteiger partial charge in [-0.2, -0.15) is 0 Å². The number of hydrogen-bond donors (Lipinski definition) is 1. The van der Waals surface area contributed by atoms with E-state index in [9.17, 15) is 4.79 Å². The Labute approximate surface area is 133 Å². The molecular weight excluding hydrogens is 298 g/mol. The number of benzene rings is 1. The highest BCUT2D eigenvalue weighted by atomic mass is 32.2. The molecule has 0 atom stereocenters. The van der Waals surface area contributed by atoms with Gasteiger partial charge < -0.3 is 4.42 Å². The molecule has 0 aliphatic heterocycles. The molecule has 1 aliphatic rings. The van der Waals surface area contributed by atoms with Crippen molar-refractivity contribution in [3.8, 4) is 0 Å². The summed E-state index contributed by atoms with van der Waals surface area (Å²) in [6.07, 6.45) is 7.84. The predicted octanol–water partition coefficient (Wildman–Crippen LogP) is 4.09. The Bertz CT molecular complexity index is 650. The Balaban J connectivity index is 1.67. The predicted molar refractivity (Wildman–Crippen MR) is 86.3 cm³/mol. The lowest BCUT2D eigenvalue weighted by Crippen LogP contribution is -2.12. The molecule has 1 heterocycles. The van der Waals surface area contributed by atoms with Crippen LogP contribution in [0.5, 0.6) is 0 Å². The van der Waals surface area contributed by atoms with Crippen LogP contribution in [0.25, 0.3) is 0 Å². The van der Waals surface area contributed by atoms with Gasteiger partial charge in [0.05, 0.1) is 0 Å². The van der Waals surface area contributed by atoms with Crippen LogP contribution in [-0.4, -0.2) is 22.4 Å². The lowest BCUT2D eigenvalue weighted by Gasteiger charge is -2.17. The lowest BCUT2D eigenvalue weighted by molar-refractivity contribution is 0.102. The van der Waals surface area contributed by atoms with Crippen LogP contribution in [0.15, 0.2) is 33.6 Å². The molecule has 5 nitrogen and oxygen atoms in total. The van der Waals surface area contributed by atoms with Crippen LogP contribution in [0.1, 0.15) is 54.3 Å². The zero-order valence-corrected chi connectivity index (χ0v) is 13.4. The topological polar surface area (TPSA) is 68.0 Å². The molecule has 0 unspecified atom stereocenters. The molecular formula is C16H19N3O2S. The molecule has 6 heteroatoms. The fourth-order valence-corrected chi connectivity index (χ4v) is 3.19. The van der Waals surface area contributed by atoms with Crippen LogP contribution in [0.3, 0.4) is 0 Å². The first-order valence-corrected chi connectivity index (χ1v) is 8.77. The number of nitrogens with one attached hydrogen (secondary N) is 1. The highest BCUT2D eigenvalue weighted by Gasteiger charge is 2.22. The van der Waals surface area contributed by atoms with E-state index in [1.54, 1.807) is 17.8 Å². The second kappa shape index (κ2) is 6.96. The molecule has 1 aromatic carbocycles. The first kappa shape index (κ1) is 15.1. The summed E-state index contributed by atoms with van der Waals surface area (Å²) in [5.41, 5.74) is 0.587. The van der Waals surface area contributed by atoms with Crippen molar-refractivity contribution in [2.24, 2.45) is 0 Å². The number of nitrogens with zero attached hydrogens (tertiary/aromatic N) is 2. The average Bonchev–Trinajstić information content (AvgIpc) is 3.04. The molecule has 1 fully saturated rings. The number of amides is 1. The zero-order valence-electron chi connectivity index (χ0n) is 12.5. The standard InChI is InChI=1S/C16H19N3O2S/c1-22-13-9-5-8-12(10-13)14(20)17-16-19-18-15(21-16)11-6-3-2-4-7-11/h5,8-11H,2-4,6-7H2,1H3,(H,17,19,20). The molecule has 1 saturated carbocycles. The summed E-state index contributed by atoms with van der Waals surface area (Å²) in [7, 11) is 0. The number of carbonyl (C=O) groups is 1. The van der Waals surface area contributed by atoms with Gasteiger partial charge >= 0.3 is 6.01 Å². The van der Waals surface area contributed by atoms with Crippen LogP contribution in [0.2, 0.25) is 0 Å². The number of thioether (sulfide) groups is 1. The molecule has 2 aromatic rings. The largest absolute Gasteiger partial charge is 0.408 e. The van der Waals surface area contributed by atoms with Crippen molar-refractivity contribution in [2.75, 3.05) is 11.6 Å². The minimum absolute atomic E-state index is 0.181. The number of rotatable bonds is 4. The highest BCUT2D eigenvalue weighted by molar-refractivity contribution is 7.98. The van der Waals surface area contributed by atoms with Gasteiger partial charge in [0, 0.05) is 16.4 Å². The van der Waals surface area contributed by atoms with E-state index >= 15 is 0 Å². The van der Waals surface area contributed by atoms with Crippen LogP contribution in [0.4, 0.5) is 6.01 Å². The summed E-state index contributed by atoms with van der Waals surface area (Å²) in [4.78, 5) is 13.3.